The number of hydrogen-bond acceptors (Lipinski definition) is 3. The van der Waals surface area contributed by atoms with Gasteiger partial charge in [0.05, 0.1) is 7.11 Å². The van der Waals surface area contributed by atoms with Gasteiger partial charge in [0, 0.05) is 6.26 Å². The lowest BCUT2D eigenvalue weighted by Crippen LogP contribution is -2.02. The fraction of sp³-hybridized carbons (Fsp3) is 0.231. The van der Waals surface area contributed by atoms with Gasteiger partial charge in [-0.05, 0) is 52.8 Å². The zero-order valence-corrected chi connectivity index (χ0v) is 18.6. The second kappa shape index (κ2) is 9.77. The van der Waals surface area contributed by atoms with Gasteiger partial charge in [0.15, 0.2) is 9.84 Å². The van der Waals surface area contributed by atoms with Crippen molar-refractivity contribution in [2.45, 2.75) is 31.1 Å². The van der Waals surface area contributed by atoms with Crippen molar-refractivity contribution in [3.63, 3.8) is 0 Å². The Labute approximate surface area is 180 Å². The second-order valence-corrected chi connectivity index (χ2v) is 9.31. The van der Waals surface area contributed by atoms with Gasteiger partial charge >= 0.3 is 0 Å². The Hall–Kier alpha value is -2.85. The fourth-order valence-electron chi connectivity index (χ4n) is 3.65. The Morgan fingerprint density at radius 2 is 1.40 bits per heavy atom. The van der Waals surface area contributed by atoms with Crippen LogP contribution in [0.5, 0.6) is 5.75 Å². The highest BCUT2D eigenvalue weighted by atomic mass is 32.2. The van der Waals surface area contributed by atoms with Gasteiger partial charge < -0.3 is 4.74 Å². The van der Waals surface area contributed by atoms with Crippen molar-refractivity contribution in [3.8, 4) is 5.75 Å². The van der Waals surface area contributed by atoms with E-state index in [1.54, 1.807) is 6.07 Å². The summed E-state index contributed by atoms with van der Waals surface area (Å²) in [7, 11) is -1.86. The lowest BCUT2D eigenvalue weighted by atomic mass is 9.87. The standard InChI is InChI=1S/C26H28O3S/c1-4-5-16-23(22-17-18-25(30(3,27)28)24(19-22)29-2)26(20-12-8-6-9-13-20)21-14-10-7-11-15-21/h6-15,17-19H,4-5,16H2,1-3H3. The molecule has 0 bridgehead atoms. The Morgan fingerprint density at radius 3 is 1.87 bits per heavy atom. The molecule has 0 unspecified atom stereocenters. The van der Waals surface area contributed by atoms with Crippen molar-refractivity contribution >= 4 is 21.0 Å². The predicted octanol–water partition coefficient (Wildman–Crippen LogP) is 6.25. The van der Waals surface area contributed by atoms with E-state index in [9.17, 15) is 8.42 Å². The SMILES string of the molecule is CCCCC(=C(c1ccccc1)c1ccccc1)c1ccc(S(C)(=O)=O)c(OC)c1. The zero-order chi connectivity index (χ0) is 21.6. The van der Waals surface area contributed by atoms with E-state index < -0.39 is 9.84 Å². The van der Waals surface area contributed by atoms with Gasteiger partial charge in [-0.2, -0.15) is 0 Å². The molecule has 0 saturated heterocycles. The molecule has 0 aliphatic carbocycles. The molecule has 3 rings (SSSR count). The first-order valence-corrected chi connectivity index (χ1v) is 12.1. The lowest BCUT2D eigenvalue weighted by Gasteiger charge is -2.19. The zero-order valence-electron chi connectivity index (χ0n) is 17.8. The van der Waals surface area contributed by atoms with Crippen LogP contribution in [0.15, 0.2) is 83.8 Å². The van der Waals surface area contributed by atoms with Gasteiger partial charge in [0.1, 0.15) is 10.6 Å². The number of ether oxygens (including phenoxy) is 1. The number of allylic oxidation sites excluding steroid dienone is 1. The topological polar surface area (TPSA) is 43.4 Å². The van der Waals surface area contributed by atoms with Crippen LogP contribution in [0.4, 0.5) is 0 Å². The molecule has 0 aromatic heterocycles. The maximum atomic E-state index is 12.2. The number of unbranched alkanes of at least 4 members (excludes halogenated alkanes) is 1. The van der Waals surface area contributed by atoms with Crippen LogP contribution in [-0.4, -0.2) is 21.8 Å². The van der Waals surface area contributed by atoms with Crippen LogP contribution in [0, 0.1) is 0 Å². The summed E-state index contributed by atoms with van der Waals surface area (Å²) in [6.45, 7) is 2.18. The lowest BCUT2D eigenvalue weighted by molar-refractivity contribution is 0.403. The molecule has 0 spiro atoms. The minimum atomic E-state index is -3.37. The van der Waals surface area contributed by atoms with Crippen LogP contribution in [0.25, 0.3) is 11.1 Å². The summed E-state index contributed by atoms with van der Waals surface area (Å²) in [5, 5.41) is 0. The van der Waals surface area contributed by atoms with E-state index in [1.165, 1.54) is 24.5 Å². The monoisotopic (exact) mass is 420 g/mol. The van der Waals surface area contributed by atoms with Crippen molar-refractivity contribution in [2.75, 3.05) is 13.4 Å². The van der Waals surface area contributed by atoms with Crippen molar-refractivity contribution in [1.29, 1.82) is 0 Å². The van der Waals surface area contributed by atoms with Crippen LogP contribution >= 0.6 is 0 Å². The average molecular weight is 421 g/mol. The van der Waals surface area contributed by atoms with E-state index >= 15 is 0 Å². The maximum absolute atomic E-state index is 12.2. The van der Waals surface area contributed by atoms with Crippen molar-refractivity contribution in [2.24, 2.45) is 0 Å². The van der Waals surface area contributed by atoms with Gasteiger partial charge in [-0.3, -0.25) is 0 Å². The minimum Gasteiger partial charge on any atom is -0.495 e. The Kier molecular flexibility index (Phi) is 7.11. The summed E-state index contributed by atoms with van der Waals surface area (Å²) in [5.41, 5.74) is 5.61. The third-order valence-corrected chi connectivity index (χ3v) is 6.25. The first kappa shape index (κ1) is 21.8. The van der Waals surface area contributed by atoms with E-state index in [0.29, 0.717) is 5.75 Å². The molecule has 3 nitrogen and oxygen atoms in total. The third kappa shape index (κ3) is 5.00. The van der Waals surface area contributed by atoms with Crippen LogP contribution < -0.4 is 4.74 Å². The van der Waals surface area contributed by atoms with Gasteiger partial charge in [-0.15, -0.1) is 0 Å². The molecule has 4 heteroatoms. The van der Waals surface area contributed by atoms with E-state index in [2.05, 4.69) is 31.2 Å². The molecular formula is C26H28O3S. The van der Waals surface area contributed by atoms with E-state index in [0.717, 1.165) is 36.0 Å². The molecule has 3 aromatic rings. The molecule has 0 radical (unpaired) electrons. The van der Waals surface area contributed by atoms with E-state index in [-0.39, 0.29) is 4.90 Å². The van der Waals surface area contributed by atoms with Gasteiger partial charge in [0.25, 0.3) is 0 Å². The molecule has 0 fully saturated rings. The quantitative estimate of drug-likeness (QED) is 0.405. The second-order valence-electron chi connectivity index (χ2n) is 7.33. The Morgan fingerprint density at radius 1 is 0.833 bits per heavy atom. The van der Waals surface area contributed by atoms with Crippen molar-refractivity contribution in [3.05, 3.63) is 95.6 Å². The van der Waals surface area contributed by atoms with Crippen LogP contribution in [0.1, 0.15) is 42.9 Å². The molecule has 30 heavy (non-hydrogen) atoms. The van der Waals surface area contributed by atoms with Gasteiger partial charge in [-0.25, -0.2) is 8.42 Å². The molecule has 0 aliphatic heterocycles. The number of benzene rings is 3. The number of sulfone groups is 1. The van der Waals surface area contributed by atoms with Gasteiger partial charge in [-0.1, -0.05) is 80.1 Å². The van der Waals surface area contributed by atoms with Gasteiger partial charge in [0.2, 0.25) is 0 Å². The van der Waals surface area contributed by atoms with Crippen molar-refractivity contribution < 1.29 is 13.2 Å². The summed E-state index contributed by atoms with van der Waals surface area (Å²) < 4.78 is 29.8. The fourth-order valence-corrected chi connectivity index (χ4v) is 4.48. The molecule has 0 aliphatic rings. The molecule has 0 heterocycles. The molecular weight excluding hydrogens is 392 g/mol. The number of methoxy groups -OCH3 is 1. The maximum Gasteiger partial charge on any atom is 0.179 e. The smallest absolute Gasteiger partial charge is 0.179 e. The third-order valence-electron chi connectivity index (χ3n) is 5.12. The van der Waals surface area contributed by atoms with E-state index in [4.69, 9.17) is 4.74 Å². The molecule has 3 aromatic carbocycles. The van der Waals surface area contributed by atoms with Crippen LogP contribution in [-0.2, 0) is 9.84 Å². The average Bonchev–Trinajstić information content (AvgIpc) is 2.76. The minimum absolute atomic E-state index is 0.213. The molecule has 156 valence electrons. The summed E-state index contributed by atoms with van der Waals surface area (Å²) in [4.78, 5) is 0.213. The number of hydrogen-bond donors (Lipinski definition) is 0. The first-order valence-electron chi connectivity index (χ1n) is 10.2. The predicted molar refractivity (Wildman–Crippen MR) is 124 cm³/mol. The highest BCUT2D eigenvalue weighted by Crippen LogP contribution is 2.37. The first-order chi connectivity index (χ1) is 14.5. The molecule has 0 amide bonds. The highest BCUT2D eigenvalue weighted by molar-refractivity contribution is 7.90. The summed E-state index contributed by atoms with van der Waals surface area (Å²) in [5.74, 6) is 0.379. The summed E-state index contributed by atoms with van der Waals surface area (Å²) in [6.07, 6.45) is 4.20. The van der Waals surface area contributed by atoms with E-state index in [1.807, 2.05) is 48.5 Å². The summed E-state index contributed by atoms with van der Waals surface area (Å²) >= 11 is 0. The largest absolute Gasteiger partial charge is 0.495 e. The number of rotatable bonds is 8. The molecule has 0 N–H and O–H groups in total. The van der Waals surface area contributed by atoms with Crippen LogP contribution in [0.2, 0.25) is 0 Å². The Bertz CT molecular complexity index is 1070. The summed E-state index contributed by atoms with van der Waals surface area (Å²) in [6, 6.07) is 26.1. The molecule has 0 atom stereocenters. The highest BCUT2D eigenvalue weighted by Gasteiger charge is 2.18. The normalized spacial score (nSPS) is 11.2. The van der Waals surface area contributed by atoms with Crippen molar-refractivity contribution in [1.82, 2.24) is 0 Å². The molecule has 0 saturated carbocycles. The van der Waals surface area contributed by atoms with Crippen LogP contribution in [0.3, 0.4) is 0 Å². The Balaban J connectivity index is 2.31.